The number of hydrogen-bond donors (Lipinski definition) is 1. The van der Waals surface area contributed by atoms with Crippen LogP contribution in [0, 0.1) is 11.7 Å². The Labute approximate surface area is 112 Å². The summed E-state index contributed by atoms with van der Waals surface area (Å²) in [6.45, 7) is 2.71. The Morgan fingerprint density at radius 2 is 2.21 bits per heavy atom. The van der Waals surface area contributed by atoms with Gasteiger partial charge in [-0.25, -0.2) is 4.39 Å². The van der Waals surface area contributed by atoms with E-state index < -0.39 is 11.9 Å². The zero-order chi connectivity index (χ0) is 14.4. The maximum Gasteiger partial charge on any atom is 0.307 e. The van der Waals surface area contributed by atoms with Crippen LogP contribution in [0.25, 0.3) is 0 Å². The number of carboxylic acid groups (broad SMARTS) is 1. The number of methoxy groups -OCH3 is 1. The third-order valence-corrected chi connectivity index (χ3v) is 3.06. The van der Waals surface area contributed by atoms with Crippen molar-refractivity contribution in [1.29, 1.82) is 0 Å². The maximum atomic E-state index is 13.2. The first kappa shape index (κ1) is 15.4. The van der Waals surface area contributed by atoms with Crippen LogP contribution in [0.4, 0.5) is 4.39 Å². The summed E-state index contributed by atoms with van der Waals surface area (Å²) in [5.41, 5.74) is 0.713. The van der Waals surface area contributed by atoms with Gasteiger partial charge in [-0.3, -0.25) is 4.79 Å². The molecule has 0 amide bonds. The third-order valence-electron chi connectivity index (χ3n) is 3.06. The topological polar surface area (TPSA) is 49.8 Å². The van der Waals surface area contributed by atoms with Gasteiger partial charge in [0.2, 0.25) is 0 Å². The molecular weight excluding hydrogens is 249 g/mol. The van der Waals surface area contributed by atoms with Crippen LogP contribution in [0.2, 0.25) is 0 Å². The molecule has 1 unspecified atom stereocenters. The van der Waals surface area contributed by atoms with E-state index in [4.69, 9.17) is 9.84 Å². The molecule has 0 saturated carbocycles. The number of halogens is 1. The van der Waals surface area contributed by atoms with Crippen LogP contribution in [0.5, 0.6) is 5.75 Å². The van der Waals surface area contributed by atoms with Crippen LogP contribution >= 0.6 is 0 Å². The summed E-state index contributed by atoms with van der Waals surface area (Å²) in [5, 5.41) is 9.02. The molecule has 1 aromatic rings. The zero-order valence-electron chi connectivity index (χ0n) is 11.5. The number of nitrogens with zero attached hydrogens (tertiary/aromatic N) is 1. The smallest absolute Gasteiger partial charge is 0.307 e. The van der Waals surface area contributed by atoms with Gasteiger partial charge in [0.25, 0.3) is 0 Å². The van der Waals surface area contributed by atoms with Gasteiger partial charge < -0.3 is 14.7 Å². The van der Waals surface area contributed by atoms with Crippen LogP contribution in [0.15, 0.2) is 18.2 Å². The molecule has 0 aliphatic carbocycles. The van der Waals surface area contributed by atoms with Crippen molar-refractivity contribution in [2.45, 2.75) is 19.9 Å². The van der Waals surface area contributed by atoms with Gasteiger partial charge in [0, 0.05) is 18.7 Å². The molecule has 4 nitrogen and oxygen atoms in total. The van der Waals surface area contributed by atoms with Gasteiger partial charge in [0.05, 0.1) is 13.0 Å². The van der Waals surface area contributed by atoms with E-state index in [2.05, 4.69) is 0 Å². The van der Waals surface area contributed by atoms with Crippen molar-refractivity contribution in [1.82, 2.24) is 4.90 Å². The highest BCUT2D eigenvalue weighted by Crippen LogP contribution is 2.21. The van der Waals surface area contributed by atoms with Gasteiger partial charge in [0.1, 0.15) is 11.6 Å². The summed E-state index contributed by atoms with van der Waals surface area (Å²) >= 11 is 0. The molecule has 19 heavy (non-hydrogen) atoms. The summed E-state index contributed by atoms with van der Waals surface area (Å²) in [7, 11) is 3.35. The second kappa shape index (κ2) is 7.09. The molecule has 5 heteroatoms. The SMILES string of the molecule is CCC(CN(C)Cc1cc(F)ccc1OC)C(=O)O. The van der Waals surface area contributed by atoms with E-state index in [-0.39, 0.29) is 5.82 Å². The number of carbonyl (C=O) groups is 1. The minimum Gasteiger partial charge on any atom is -0.496 e. The Kier molecular flexibility index (Phi) is 5.76. The monoisotopic (exact) mass is 269 g/mol. The summed E-state index contributed by atoms with van der Waals surface area (Å²) in [6.07, 6.45) is 0.569. The van der Waals surface area contributed by atoms with E-state index in [1.165, 1.54) is 19.2 Å². The van der Waals surface area contributed by atoms with Crippen molar-refractivity contribution in [3.8, 4) is 5.75 Å². The van der Waals surface area contributed by atoms with Crippen molar-refractivity contribution < 1.29 is 19.0 Å². The summed E-state index contributed by atoms with van der Waals surface area (Å²) in [4.78, 5) is 12.8. The maximum absolute atomic E-state index is 13.2. The summed E-state index contributed by atoms with van der Waals surface area (Å²) < 4.78 is 18.4. The Balaban J connectivity index is 2.73. The van der Waals surface area contributed by atoms with Gasteiger partial charge >= 0.3 is 5.97 Å². The molecule has 0 heterocycles. The summed E-state index contributed by atoms with van der Waals surface area (Å²) in [5.74, 6) is -0.934. The van der Waals surface area contributed by atoms with Crippen molar-refractivity contribution in [3.05, 3.63) is 29.6 Å². The van der Waals surface area contributed by atoms with E-state index in [9.17, 15) is 9.18 Å². The number of ether oxygens (including phenoxy) is 1. The highest BCUT2D eigenvalue weighted by atomic mass is 19.1. The quantitative estimate of drug-likeness (QED) is 0.825. The standard InChI is InChI=1S/C14H20FNO3/c1-4-10(14(17)18)8-16(2)9-11-7-12(15)5-6-13(11)19-3/h5-7,10H,4,8-9H2,1-3H3,(H,17,18). The van der Waals surface area contributed by atoms with E-state index in [0.717, 1.165) is 0 Å². The number of hydrogen-bond acceptors (Lipinski definition) is 3. The van der Waals surface area contributed by atoms with Crippen LogP contribution < -0.4 is 4.74 Å². The molecule has 106 valence electrons. The molecule has 1 atom stereocenters. The highest BCUT2D eigenvalue weighted by molar-refractivity contribution is 5.70. The van der Waals surface area contributed by atoms with Crippen LogP contribution in [-0.2, 0) is 11.3 Å². The van der Waals surface area contributed by atoms with Crippen LogP contribution in [0.1, 0.15) is 18.9 Å². The highest BCUT2D eigenvalue weighted by Gasteiger charge is 2.18. The van der Waals surface area contributed by atoms with Crippen LogP contribution in [0.3, 0.4) is 0 Å². The predicted molar refractivity (Wildman–Crippen MR) is 70.7 cm³/mol. The average molecular weight is 269 g/mol. The minimum atomic E-state index is -0.805. The molecule has 0 aliphatic heterocycles. The lowest BCUT2D eigenvalue weighted by atomic mass is 10.1. The number of benzene rings is 1. The molecular formula is C14H20FNO3. The Morgan fingerprint density at radius 1 is 1.53 bits per heavy atom. The Bertz CT molecular complexity index is 437. The fourth-order valence-electron chi connectivity index (χ4n) is 1.98. The first-order valence-corrected chi connectivity index (χ1v) is 6.21. The minimum absolute atomic E-state index is 0.325. The molecule has 0 spiro atoms. The fraction of sp³-hybridized carbons (Fsp3) is 0.500. The zero-order valence-corrected chi connectivity index (χ0v) is 11.5. The second-order valence-electron chi connectivity index (χ2n) is 4.60. The average Bonchev–Trinajstić information content (AvgIpc) is 2.35. The third kappa shape index (κ3) is 4.52. The summed E-state index contributed by atoms with van der Waals surface area (Å²) in [6, 6.07) is 4.33. The molecule has 0 bridgehead atoms. The van der Waals surface area contributed by atoms with Gasteiger partial charge in [-0.05, 0) is 31.7 Å². The molecule has 0 aromatic heterocycles. The fourth-order valence-corrected chi connectivity index (χ4v) is 1.98. The normalized spacial score (nSPS) is 12.5. The molecule has 1 N–H and O–H groups in total. The van der Waals surface area contributed by atoms with E-state index in [1.54, 1.807) is 6.07 Å². The number of aliphatic carboxylic acids is 1. The van der Waals surface area contributed by atoms with E-state index in [1.807, 2.05) is 18.9 Å². The van der Waals surface area contributed by atoms with Gasteiger partial charge in [-0.15, -0.1) is 0 Å². The molecule has 0 saturated heterocycles. The molecule has 0 radical (unpaired) electrons. The lowest BCUT2D eigenvalue weighted by molar-refractivity contribution is -0.142. The number of rotatable bonds is 7. The van der Waals surface area contributed by atoms with Crippen molar-refractivity contribution in [3.63, 3.8) is 0 Å². The first-order valence-electron chi connectivity index (χ1n) is 6.21. The van der Waals surface area contributed by atoms with Crippen molar-refractivity contribution >= 4 is 5.97 Å². The van der Waals surface area contributed by atoms with Crippen molar-refractivity contribution in [2.24, 2.45) is 5.92 Å². The lowest BCUT2D eigenvalue weighted by Crippen LogP contribution is -2.29. The van der Waals surface area contributed by atoms with Crippen molar-refractivity contribution in [2.75, 3.05) is 20.7 Å². The largest absolute Gasteiger partial charge is 0.496 e. The van der Waals surface area contributed by atoms with E-state index in [0.29, 0.717) is 30.8 Å². The molecule has 1 aromatic carbocycles. The predicted octanol–water partition coefficient (Wildman–Crippen LogP) is 2.38. The lowest BCUT2D eigenvalue weighted by Gasteiger charge is -2.21. The second-order valence-corrected chi connectivity index (χ2v) is 4.60. The molecule has 1 rings (SSSR count). The molecule has 0 fully saturated rings. The van der Waals surface area contributed by atoms with Crippen LogP contribution in [-0.4, -0.2) is 36.7 Å². The van der Waals surface area contributed by atoms with E-state index >= 15 is 0 Å². The van der Waals surface area contributed by atoms with Gasteiger partial charge in [-0.2, -0.15) is 0 Å². The Morgan fingerprint density at radius 3 is 2.74 bits per heavy atom. The number of carboxylic acids is 1. The Hall–Kier alpha value is -1.62. The van der Waals surface area contributed by atoms with Gasteiger partial charge in [-0.1, -0.05) is 6.92 Å². The molecule has 0 aliphatic rings. The van der Waals surface area contributed by atoms with Gasteiger partial charge in [0.15, 0.2) is 0 Å². The first-order chi connectivity index (χ1) is 8.97.